The third kappa shape index (κ3) is 4.99. The zero-order chi connectivity index (χ0) is 26.4. The van der Waals surface area contributed by atoms with Crippen LogP contribution in [0.3, 0.4) is 0 Å². The van der Waals surface area contributed by atoms with Gasteiger partial charge in [-0.15, -0.1) is 0 Å². The van der Waals surface area contributed by atoms with Crippen LogP contribution < -0.4 is 10.6 Å². The summed E-state index contributed by atoms with van der Waals surface area (Å²) in [5.41, 5.74) is 5.48. The van der Waals surface area contributed by atoms with Crippen LogP contribution in [-0.4, -0.2) is 49.5 Å². The minimum Gasteiger partial charge on any atom is -0.394 e. The normalized spacial score (nSPS) is 18.8. The highest BCUT2D eigenvalue weighted by molar-refractivity contribution is 6.01. The van der Waals surface area contributed by atoms with E-state index in [2.05, 4.69) is 25.9 Å². The lowest BCUT2D eigenvalue weighted by atomic mass is 9.88. The van der Waals surface area contributed by atoms with E-state index in [1.807, 2.05) is 31.2 Å². The van der Waals surface area contributed by atoms with Crippen molar-refractivity contribution in [3.05, 3.63) is 53.6 Å². The first-order valence-corrected chi connectivity index (χ1v) is 13.9. The Bertz CT molecular complexity index is 1300. The second-order valence-corrected chi connectivity index (χ2v) is 11.3. The van der Waals surface area contributed by atoms with Crippen LogP contribution in [0, 0.1) is 24.7 Å². The maximum Gasteiger partial charge on any atom is 0.270 e. The lowest BCUT2D eigenvalue weighted by Gasteiger charge is -2.28. The number of hydrogen-bond acceptors (Lipinski definition) is 5. The van der Waals surface area contributed by atoms with Crippen molar-refractivity contribution in [2.24, 2.45) is 17.8 Å². The van der Waals surface area contributed by atoms with Crippen LogP contribution in [-0.2, 0) is 4.79 Å². The highest BCUT2D eigenvalue weighted by Crippen LogP contribution is 2.51. The number of aromatic nitrogens is 4. The summed E-state index contributed by atoms with van der Waals surface area (Å²) < 4.78 is 1.51. The predicted molar refractivity (Wildman–Crippen MR) is 144 cm³/mol. The third-order valence-electron chi connectivity index (χ3n) is 8.25. The summed E-state index contributed by atoms with van der Waals surface area (Å²) >= 11 is 0. The quantitative estimate of drug-likeness (QED) is 0.304. The average Bonchev–Trinajstić information content (AvgIpc) is 3.82. The molecule has 3 aromatic rings. The number of hydrogen-bond donors (Lipinski definition) is 4. The lowest BCUT2D eigenvalue weighted by molar-refractivity contribution is -0.119. The molecule has 200 valence electrons. The summed E-state index contributed by atoms with van der Waals surface area (Å²) in [5, 5.41) is 27.6. The van der Waals surface area contributed by atoms with Gasteiger partial charge in [0.2, 0.25) is 5.91 Å². The number of carbonyl (C=O) groups excluding carboxylic acids is 2. The SMILES string of the molecule is Cc1[nH]nc(C2CC2)c1-c1ccc(NC(=O)C(NC(=O)c2ccnn2[C@@H](C)CO)C(C2CC2)C2CC2)cc1. The number of benzene rings is 1. The lowest BCUT2D eigenvalue weighted by Crippen LogP contribution is -2.50. The molecule has 0 bridgehead atoms. The average molecular weight is 517 g/mol. The smallest absolute Gasteiger partial charge is 0.270 e. The van der Waals surface area contributed by atoms with Gasteiger partial charge in [-0.1, -0.05) is 12.1 Å². The van der Waals surface area contributed by atoms with E-state index in [-0.39, 0.29) is 30.4 Å². The summed E-state index contributed by atoms with van der Waals surface area (Å²) in [6.07, 6.45) is 8.31. The van der Waals surface area contributed by atoms with Gasteiger partial charge in [-0.2, -0.15) is 10.2 Å². The Morgan fingerprint density at radius 3 is 2.37 bits per heavy atom. The summed E-state index contributed by atoms with van der Waals surface area (Å²) in [7, 11) is 0. The Labute approximate surface area is 222 Å². The Balaban J connectivity index is 1.21. The summed E-state index contributed by atoms with van der Waals surface area (Å²) in [4.78, 5) is 27.1. The van der Waals surface area contributed by atoms with Gasteiger partial charge in [0.1, 0.15) is 11.7 Å². The number of H-pyrrole nitrogens is 1. The van der Waals surface area contributed by atoms with E-state index < -0.39 is 6.04 Å². The van der Waals surface area contributed by atoms with Gasteiger partial charge in [-0.3, -0.25) is 19.4 Å². The van der Waals surface area contributed by atoms with Gasteiger partial charge in [0.05, 0.1) is 18.3 Å². The number of carbonyl (C=O) groups is 2. The standard InChI is InChI=1S/C29H36N6O3/c1-16(15-36)35-23(13-14-30-35)28(37)32-27(25(19-3-4-19)20-5-6-20)29(38)31-22-11-9-18(10-12-22)24-17(2)33-34-26(24)21-7-8-21/h9-14,16,19-21,25,27,36H,3-8,15H2,1-2H3,(H,31,38)(H,32,37)(H,33,34)/t16-,27?/m0/s1. The Morgan fingerprint density at radius 2 is 1.76 bits per heavy atom. The first-order chi connectivity index (χ1) is 18.4. The minimum absolute atomic E-state index is 0.125. The first-order valence-electron chi connectivity index (χ1n) is 13.9. The maximum atomic E-state index is 13.7. The Morgan fingerprint density at radius 1 is 1.08 bits per heavy atom. The Kier molecular flexibility index (Phi) is 6.55. The van der Waals surface area contributed by atoms with Gasteiger partial charge in [0.25, 0.3) is 5.91 Å². The van der Waals surface area contributed by atoms with Crippen molar-refractivity contribution in [3.8, 4) is 11.1 Å². The fourth-order valence-corrected chi connectivity index (χ4v) is 5.77. The van der Waals surface area contributed by atoms with Crippen molar-refractivity contribution in [2.45, 2.75) is 70.4 Å². The molecule has 0 aliphatic heterocycles. The number of aliphatic hydroxyl groups excluding tert-OH is 1. The first kappa shape index (κ1) is 24.9. The van der Waals surface area contributed by atoms with Gasteiger partial charge in [-0.05, 0) is 93.9 Å². The fourth-order valence-electron chi connectivity index (χ4n) is 5.77. The zero-order valence-corrected chi connectivity index (χ0v) is 22.0. The maximum absolute atomic E-state index is 13.7. The zero-order valence-electron chi connectivity index (χ0n) is 22.0. The third-order valence-corrected chi connectivity index (χ3v) is 8.25. The van der Waals surface area contributed by atoms with Crippen molar-refractivity contribution in [1.29, 1.82) is 0 Å². The molecule has 0 radical (unpaired) electrons. The van der Waals surface area contributed by atoms with E-state index in [1.54, 1.807) is 19.2 Å². The molecular weight excluding hydrogens is 480 g/mol. The predicted octanol–water partition coefficient (Wildman–Crippen LogP) is 4.19. The molecule has 9 nitrogen and oxygen atoms in total. The van der Waals surface area contributed by atoms with Crippen LogP contribution in [0.2, 0.25) is 0 Å². The van der Waals surface area contributed by atoms with Crippen LogP contribution in [0.4, 0.5) is 5.69 Å². The minimum atomic E-state index is -0.632. The van der Waals surface area contributed by atoms with Crippen LogP contribution in [0.15, 0.2) is 36.5 Å². The van der Waals surface area contributed by atoms with Gasteiger partial charge in [0, 0.05) is 29.1 Å². The molecule has 1 unspecified atom stereocenters. The molecule has 3 fully saturated rings. The molecule has 4 N–H and O–H groups in total. The van der Waals surface area contributed by atoms with Crippen molar-refractivity contribution in [3.63, 3.8) is 0 Å². The highest BCUT2D eigenvalue weighted by Gasteiger charge is 2.48. The number of nitrogens with one attached hydrogen (secondary N) is 3. The van der Waals surface area contributed by atoms with Crippen molar-refractivity contribution >= 4 is 17.5 Å². The van der Waals surface area contributed by atoms with Crippen LogP contribution in [0.1, 0.15) is 79.3 Å². The van der Waals surface area contributed by atoms with Gasteiger partial charge < -0.3 is 15.7 Å². The summed E-state index contributed by atoms with van der Waals surface area (Å²) in [6, 6.07) is 8.58. The highest BCUT2D eigenvalue weighted by atomic mass is 16.3. The number of aliphatic hydroxyl groups is 1. The van der Waals surface area contributed by atoms with Crippen molar-refractivity contribution in [1.82, 2.24) is 25.3 Å². The number of nitrogens with zero attached hydrogens (tertiary/aromatic N) is 3. The molecule has 3 aliphatic rings. The van der Waals surface area contributed by atoms with E-state index in [0.29, 0.717) is 29.1 Å². The van der Waals surface area contributed by atoms with E-state index >= 15 is 0 Å². The molecule has 3 aliphatic carbocycles. The van der Waals surface area contributed by atoms with Crippen LogP contribution in [0.5, 0.6) is 0 Å². The van der Waals surface area contributed by atoms with E-state index in [9.17, 15) is 14.7 Å². The monoisotopic (exact) mass is 516 g/mol. The molecule has 2 aromatic heterocycles. The fraction of sp³-hybridized carbons (Fsp3) is 0.517. The van der Waals surface area contributed by atoms with Crippen molar-refractivity contribution < 1.29 is 14.7 Å². The van der Waals surface area contributed by atoms with Crippen molar-refractivity contribution in [2.75, 3.05) is 11.9 Å². The van der Waals surface area contributed by atoms with E-state index in [0.717, 1.165) is 48.2 Å². The summed E-state index contributed by atoms with van der Waals surface area (Å²) in [6.45, 7) is 3.71. The van der Waals surface area contributed by atoms with Gasteiger partial charge in [-0.25, -0.2) is 0 Å². The molecule has 2 amide bonds. The molecule has 3 saturated carbocycles. The number of aromatic amines is 1. The summed E-state index contributed by atoms with van der Waals surface area (Å²) in [5.74, 6) is 1.07. The molecule has 1 aromatic carbocycles. The molecule has 6 rings (SSSR count). The van der Waals surface area contributed by atoms with E-state index in [1.165, 1.54) is 17.5 Å². The molecular formula is C29H36N6O3. The number of aryl methyl sites for hydroxylation is 1. The molecule has 2 atom stereocenters. The Hall–Kier alpha value is -3.46. The molecule has 9 heteroatoms. The molecule has 0 saturated heterocycles. The largest absolute Gasteiger partial charge is 0.394 e. The number of rotatable bonds is 11. The number of amides is 2. The second kappa shape index (κ2) is 10.0. The van der Waals surface area contributed by atoms with E-state index in [4.69, 9.17) is 0 Å². The topological polar surface area (TPSA) is 125 Å². The van der Waals surface area contributed by atoms with Crippen LogP contribution >= 0.6 is 0 Å². The second-order valence-electron chi connectivity index (χ2n) is 11.3. The van der Waals surface area contributed by atoms with Gasteiger partial charge >= 0.3 is 0 Å². The molecule has 38 heavy (non-hydrogen) atoms. The number of anilines is 1. The molecule has 2 heterocycles. The van der Waals surface area contributed by atoms with Gasteiger partial charge in [0.15, 0.2) is 0 Å². The van der Waals surface area contributed by atoms with Crippen LogP contribution in [0.25, 0.3) is 11.1 Å². The molecule has 0 spiro atoms.